The Bertz CT molecular complexity index is 289. The Morgan fingerprint density at radius 1 is 1.43 bits per heavy atom. The third-order valence-corrected chi connectivity index (χ3v) is 2.41. The number of hydrogen-bond acceptors (Lipinski definition) is 3. The van der Waals surface area contributed by atoms with E-state index in [9.17, 15) is 0 Å². The van der Waals surface area contributed by atoms with E-state index >= 15 is 0 Å². The van der Waals surface area contributed by atoms with Crippen LogP contribution in [0.1, 0.15) is 12.6 Å². The second kappa shape index (κ2) is 5.83. The van der Waals surface area contributed by atoms with Gasteiger partial charge in [-0.05, 0) is 19.5 Å². The molecule has 0 bridgehead atoms. The second-order valence-corrected chi connectivity index (χ2v) is 3.42. The summed E-state index contributed by atoms with van der Waals surface area (Å²) < 4.78 is 0. The lowest BCUT2D eigenvalue weighted by Crippen LogP contribution is -2.21. The van der Waals surface area contributed by atoms with Crippen LogP contribution in [0.4, 0.5) is 5.69 Å². The van der Waals surface area contributed by atoms with Gasteiger partial charge in [0, 0.05) is 19.3 Å². The number of nitrogens with zero attached hydrogens (tertiary/aromatic N) is 1. The molecule has 1 aromatic heterocycles. The molecule has 3 nitrogen and oxygen atoms in total. The molecule has 0 aliphatic heterocycles. The fourth-order valence-electron chi connectivity index (χ4n) is 1.15. The lowest BCUT2D eigenvalue weighted by atomic mass is 10.3. The third-order valence-electron chi connectivity index (χ3n) is 1.93. The number of anilines is 1. The molecule has 1 heterocycles. The van der Waals surface area contributed by atoms with E-state index in [2.05, 4.69) is 22.5 Å². The molecule has 0 aliphatic carbocycles. The van der Waals surface area contributed by atoms with Crippen molar-refractivity contribution in [1.29, 1.82) is 0 Å². The maximum atomic E-state index is 6.06. The predicted molar refractivity (Wildman–Crippen MR) is 61.0 cm³/mol. The summed E-state index contributed by atoms with van der Waals surface area (Å²) in [6.45, 7) is 6.79. The largest absolute Gasteiger partial charge is 0.382 e. The Labute approximate surface area is 89.9 Å². The number of aryl methyl sites for hydroxylation is 1. The van der Waals surface area contributed by atoms with E-state index in [-0.39, 0.29) is 0 Å². The summed E-state index contributed by atoms with van der Waals surface area (Å²) >= 11 is 6.06. The first kappa shape index (κ1) is 11.3. The fourth-order valence-corrected chi connectivity index (χ4v) is 1.33. The number of hydrogen-bond donors (Lipinski definition) is 2. The summed E-state index contributed by atoms with van der Waals surface area (Å²) in [5.74, 6) is 0. The molecule has 0 unspecified atom stereocenters. The zero-order valence-electron chi connectivity index (χ0n) is 8.60. The molecule has 14 heavy (non-hydrogen) atoms. The molecule has 0 amide bonds. The Hall–Kier alpha value is -0.800. The quantitative estimate of drug-likeness (QED) is 0.736. The number of rotatable bonds is 5. The van der Waals surface area contributed by atoms with Crippen LogP contribution in [0.3, 0.4) is 0 Å². The highest BCUT2D eigenvalue weighted by molar-refractivity contribution is 6.33. The molecule has 0 saturated carbocycles. The molecule has 0 fully saturated rings. The van der Waals surface area contributed by atoms with Gasteiger partial charge < -0.3 is 10.6 Å². The van der Waals surface area contributed by atoms with Crippen molar-refractivity contribution in [1.82, 2.24) is 10.3 Å². The van der Waals surface area contributed by atoms with Gasteiger partial charge in [-0.2, -0.15) is 0 Å². The van der Waals surface area contributed by atoms with E-state index in [1.54, 1.807) is 6.20 Å². The van der Waals surface area contributed by atoms with E-state index < -0.39 is 0 Å². The van der Waals surface area contributed by atoms with Crippen molar-refractivity contribution in [2.75, 3.05) is 25.0 Å². The summed E-state index contributed by atoms with van der Waals surface area (Å²) in [5, 5.41) is 7.20. The molecule has 1 rings (SSSR count). The Kier molecular flexibility index (Phi) is 4.70. The molecule has 2 N–H and O–H groups in total. The van der Waals surface area contributed by atoms with Crippen molar-refractivity contribution in [2.45, 2.75) is 13.8 Å². The average Bonchev–Trinajstić information content (AvgIpc) is 2.19. The molecule has 0 saturated heterocycles. The maximum Gasteiger partial charge on any atom is 0.0849 e. The Morgan fingerprint density at radius 2 is 2.21 bits per heavy atom. The van der Waals surface area contributed by atoms with Crippen LogP contribution in [-0.4, -0.2) is 24.6 Å². The Balaban J connectivity index is 2.46. The Morgan fingerprint density at radius 3 is 2.93 bits per heavy atom. The minimum atomic E-state index is 0.712. The molecule has 78 valence electrons. The van der Waals surface area contributed by atoms with Crippen LogP contribution in [0.2, 0.25) is 5.02 Å². The van der Waals surface area contributed by atoms with Gasteiger partial charge in [-0.25, -0.2) is 0 Å². The van der Waals surface area contributed by atoms with E-state index in [1.807, 2.05) is 13.0 Å². The van der Waals surface area contributed by atoms with Crippen molar-refractivity contribution in [2.24, 2.45) is 0 Å². The molecule has 0 aromatic carbocycles. The van der Waals surface area contributed by atoms with Gasteiger partial charge in [0.15, 0.2) is 0 Å². The van der Waals surface area contributed by atoms with Gasteiger partial charge in [-0.3, -0.25) is 4.98 Å². The number of aromatic nitrogens is 1. The summed E-state index contributed by atoms with van der Waals surface area (Å²) in [5.41, 5.74) is 1.82. The monoisotopic (exact) mass is 213 g/mol. The fraction of sp³-hybridized carbons (Fsp3) is 0.500. The van der Waals surface area contributed by atoms with Gasteiger partial charge >= 0.3 is 0 Å². The van der Waals surface area contributed by atoms with Crippen LogP contribution in [0.25, 0.3) is 0 Å². The molecule has 0 radical (unpaired) electrons. The first-order valence-corrected chi connectivity index (χ1v) is 5.19. The van der Waals surface area contributed by atoms with Crippen LogP contribution in [0, 0.1) is 6.92 Å². The number of nitrogens with one attached hydrogen (secondary N) is 2. The predicted octanol–water partition coefficient (Wildman–Crippen LogP) is 2.06. The van der Waals surface area contributed by atoms with Crippen molar-refractivity contribution in [3.8, 4) is 0 Å². The zero-order valence-corrected chi connectivity index (χ0v) is 9.36. The van der Waals surface area contributed by atoms with Gasteiger partial charge in [-0.1, -0.05) is 18.5 Å². The minimum absolute atomic E-state index is 0.712. The highest BCUT2D eigenvalue weighted by Crippen LogP contribution is 2.22. The van der Waals surface area contributed by atoms with Gasteiger partial charge in [0.1, 0.15) is 0 Å². The van der Waals surface area contributed by atoms with Crippen LogP contribution in [-0.2, 0) is 0 Å². The molecule has 0 spiro atoms. The first-order chi connectivity index (χ1) is 6.75. The van der Waals surface area contributed by atoms with E-state index in [1.165, 1.54) is 0 Å². The standard InChI is InChI=1S/C10H16ClN3/c1-3-12-6-7-14-9-4-5-13-8(2)10(9)11/h4-5,12H,3,6-7H2,1-2H3,(H,13,14). The average molecular weight is 214 g/mol. The summed E-state index contributed by atoms with van der Waals surface area (Å²) in [4.78, 5) is 4.10. The van der Waals surface area contributed by atoms with Gasteiger partial charge in [-0.15, -0.1) is 0 Å². The third kappa shape index (κ3) is 3.16. The van der Waals surface area contributed by atoms with Crippen LogP contribution in [0.15, 0.2) is 12.3 Å². The van der Waals surface area contributed by atoms with E-state index in [0.717, 1.165) is 31.0 Å². The first-order valence-electron chi connectivity index (χ1n) is 4.81. The molecular formula is C10H16ClN3. The van der Waals surface area contributed by atoms with Gasteiger partial charge in [0.25, 0.3) is 0 Å². The van der Waals surface area contributed by atoms with Gasteiger partial charge in [0.2, 0.25) is 0 Å². The van der Waals surface area contributed by atoms with Crippen LogP contribution in [0.5, 0.6) is 0 Å². The molecule has 4 heteroatoms. The summed E-state index contributed by atoms with van der Waals surface area (Å²) in [6, 6.07) is 1.89. The molecular weight excluding hydrogens is 198 g/mol. The van der Waals surface area contributed by atoms with Gasteiger partial charge in [0.05, 0.1) is 16.4 Å². The topological polar surface area (TPSA) is 37.0 Å². The second-order valence-electron chi connectivity index (χ2n) is 3.04. The highest BCUT2D eigenvalue weighted by atomic mass is 35.5. The molecule has 0 atom stereocenters. The van der Waals surface area contributed by atoms with E-state index in [0.29, 0.717) is 5.02 Å². The number of pyridine rings is 1. The molecule has 1 aromatic rings. The van der Waals surface area contributed by atoms with Crippen molar-refractivity contribution < 1.29 is 0 Å². The summed E-state index contributed by atoms with van der Waals surface area (Å²) in [7, 11) is 0. The number of halogens is 1. The number of likely N-dealkylation sites (N-methyl/N-ethyl adjacent to an activating group) is 1. The minimum Gasteiger partial charge on any atom is -0.382 e. The lowest BCUT2D eigenvalue weighted by molar-refractivity contribution is 0.739. The van der Waals surface area contributed by atoms with Crippen molar-refractivity contribution >= 4 is 17.3 Å². The summed E-state index contributed by atoms with van der Waals surface area (Å²) in [6.07, 6.45) is 1.76. The maximum absolute atomic E-state index is 6.06. The lowest BCUT2D eigenvalue weighted by Gasteiger charge is -2.09. The zero-order chi connectivity index (χ0) is 10.4. The normalized spacial score (nSPS) is 10.2. The van der Waals surface area contributed by atoms with Crippen LogP contribution >= 0.6 is 11.6 Å². The van der Waals surface area contributed by atoms with Crippen molar-refractivity contribution in [3.05, 3.63) is 23.0 Å². The van der Waals surface area contributed by atoms with Crippen molar-refractivity contribution in [3.63, 3.8) is 0 Å². The molecule has 0 aliphatic rings. The van der Waals surface area contributed by atoms with E-state index in [4.69, 9.17) is 11.6 Å². The SMILES string of the molecule is CCNCCNc1ccnc(C)c1Cl. The van der Waals surface area contributed by atoms with Crippen LogP contribution < -0.4 is 10.6 Å². The highest BCUT2D eigenvalue weighted by Gasteiger charge is 2.01. The smallest absolute Gasteiger partial charge is 0.0849 e.